The maximum absolute atomic E-state index is 12.5. The third kappa shape index (κ3) is 4.63. The number of carbonyl (C=O) groups is 1. The number of halogens is 3. The van der Waals surface area contributed by atoms with Crippen molar-refractivity contribution in [1.82, 2.24) is 10.2 Å². The molecule has 2 amide bonds. The van der Waals surface area contributed by atoms with Gasteiger partial charge in [-0.3, -0.25) is 0 Å². The average Bonchev–Trinajstić information content (AvgIpc) is 2.59. The molecule has 0 spiro atoms. The van der Waals surface area contributed by atoms with Crippen molar-refractivity contribution in [2.45, 2.75) is 37.1 Å². The fraction of sp³-hybridized carbons (Fsp3) is 0.556. The molecule has 146 valence electrons. The lowest BCUT2D eigenvalue weighted by molar-refractivity contribution is -0.274. The van der Waals surface area contributed by atoms with Crippen LogP contribution in [0.5, 0.6) is 5.75 Å². The lowest BCUT2D eigenvalue weighted by Gasteiger charge is -2.43. The van der Waals surface area contributed by atoms with Crippen LogP contribution in [-0.2, 0) is 10.2 Å². The Kier molecular flexibility index (Phi) is 5.46. The van der Waals surface area contributed by atoms with E-state index in [-0.39, 0.29) is 18.3 Å². The Morgan fingerprint density at radius 3 is 2.85 bits per heavy atom. The van der Waals surface area contributed by atoms with Crippen molar-refractivity contribution in [1.29, 1.82) is 5.26 Å². The Labute approximate surface area is 154 Å². The van der Waals surface area contributed by atoms with E-state index in [9.17, 15) is 18.0 Å². The van der Waals surface area contributed by atoms with Crippen LogP contribution in [0.25, 0.3) is 0 Å². The number of hydrogen-bond donors (Lipinski definition) is 1. The summed E-state index contributed by atoms with van der Waals surface area (Å²) in [5.74, 6) is -0.261. The lowest BCUT2D eigenvalue weighted by atomic mass is 9.64. The van der Waals surface area contributed by atoms with Gasteiger partial charge < -0.3 is 19.7 Å². The highest BCUT2D eigenvalue weighted by Gasteiger charge is 2.40. The highest BCUT2D eigenvalue weighted by Crippen LogP contribution is 2.44. The zero-order chi connectivity index (χ0) is 19.5. The molecule has 0 bridgehead atoms. The van der Waals surface area contributed by atoms with Crippen molar-refractivity contribution in [2.24, 2.45) is 0 Å². The van der Waals surface area contributed by atoms with Gasteiger partial charge in [0.15, 0.2) is 6.10 Å². The predicted octanol–water partition coefficient (Wildman–Crippen LogP) is 2.94. The van der Waals surface area contributed by atoms with E-state index in [0.717, 1.165) is 19.3 Å². The molecule has 1 N–H and O–H groups in total. The summed E-state index contributed by atoms with van der Waals surface area (Å²) in [5, 5.41) is 11.8. The number of nitrogens with zero attached hydrogens (tertiary/aromatic N) is 2. The number of alkyl halides is 3. The van der Waals surface area contributed by atoms with E-state index in [2.05, 4.69) is 10.1 Å². The van der Waals surface area contributed by atoms with E-state index in [1.165, 1.54) is 23.1 Å². The van der Waals surface area contributed by atoms with Crippen LogP contribution in [0.3, 0.4) is 0 Å². The molecule has 27 heavy (non-hydrogen) atoms. The second-order valence-corrected chi connectivity index (χ2v) is 6.80. The first-order valence-electron chi connectivity index (χ1n) is 8.72. The third-order valence-corrected chi connectivity index (χ3v) is 5.07. The van der Waals surface area contributed by atoms with Gasteiger partial charge in [0.1, 0.15) is 5.75 Å². The molecule has 1 aliphatic heterocycles. The van der Waals surface area contributed by atoms with Crippen LogP contribution in [0.1, 0.15) is 24.8 Å². The van der Waals surface area contributed by atoms with Crippen LogP contribution in [0.2, 0.25) is 0 Å². The Morgan fingerprint density at radius 1 is 1.44 bits per heavy atom. The van der Waals surface area contributed by atoms with E-state index in [1.807, 2.05) is 6.07 Å². The first kappa shape index (κ1) is 19.3. The van der Waals surface area contributed by atoms with Gasteiger partial charge in [0.05, 0.1) is 19.2 Å². The molecular weight excluding hydrogens is 363 g/mol. The van der Waals surface area contributed by atoms with Crippen molar-refractivity contribution in [3.05, 3.63) is 29.8 Å². The van der Waals surface area contributed by atoms with E-state index < -0.39 is 17.9 Å². The fourth-order valence-electron chi connectivity index (χ4n) is 3.46. The van der Waals surface area contributed by atoms with Crippen molar-refractivity contribution in [2.75, 3.05) is 26.2 Å². The topological polar surface area (TPSA) is 74.6 Å². The van der Waals surface area contributed by atoms with Crippen LogP contribution in [-0.4, -0.2) is 49.6 Å². The number of ether oxygens (including phenoxy) is 2. The summed E-state index contributed by atoms with van der Waals surface area (Å²) >= 11 is 0. The maximum Gasteiger partial charge on any atom is 0.573 e. The van der Waals surface area contributed by atoms with Gasteiger partial charge in [-0.25, -0.2) is 4.79 Å². The standard InChI is InChI=1S/C18H20F3N3O3/c19-18(20,21)27-14-4-1-3-13(9-14)17(5-2-6-17)12-23-16(25)24-7-8-26-15(10-22)11-24/h1,3-4,9,15H,2,5-8,11-12H2,(H,23,25). The lowest BCUT2D eigenvalue weighted by Crippen LogP contribution is -2.53. The predicted molar refractivity (Wildman–Crippen MR) is 89.0 cm³/mol. The van der Waals surface area contributed by atoms with Crippen LogP contribution in [0.4, 0.5) is 18.0 Å². The monoisotopic (exact) mass is 383 g/mol. The smallest absolute Gasteiger partial charge is 0.406 e. The number of carbonyl (C=O) groups excluding carboxylic acids is 1. The molecule has 1 unspecified atom stereocenters. The van der Waals surface area contributed by atoms with E-state index in [0.29, 0.717) is 25.3 Å². The van der Waals surface area contributed by atoms with Crippen LogP contribution in [0, 0.1) is 11.3 Å². The second kappa shape index (κ2) is 7.64. The first-order chi connectivity index (χ1) is 12.8. The molecule has 3 rings (SSSR count). The Bertz CT molecular complexity index is 729. The molecule has 1 aromatic carbocycles. The van der Waals surface area contributed by atoms with Crippen molar-refractivity contribution in [3.8, 4) is 11.8 Å². The van der Waals surface area contributed by atoms with Crippen molar-refractivity contribution in [3.63, 3.8) is 0 Å². The normalized spacial score (nSPS) is 21.7. The summed E-state index contributed by atoms with van der Waals surface area (Å²) in [7, 11) is 0. The molecule has 1 heterocycles. The van der Waals surface area contributed by atoms with Gasteiger partial charge in [0, 0.05) is 18.5 Å². The maximum atomic E-state index is 12.5. The van der Waals surface area contributed by atoms with E-state index >= 15 is 0 Å². The highest BCUT2D eigenvalue weighted by atomic mass is 19.4. The van der Waals surface area contributed by atoms with Gasteiger partial charge in [-0.2, -0.15) is 5.26 Å². The van der Waals surface area contributed by atoms with Crippen LogP contribution >= 0.6 is 0 Å². The minimum Gasteiger partial charge on any atom is -0.406 e. The Morgan fingerprint density at radius 2 is 2.22 bits per heavy atom. The van der Waals surface area contributed by atoms with Gasteiger partial charge in [0.25, 0.3) is 0 Å². The van der Waals surface area contributed by atoms with Crippen molar-refractivity contribution < 1.29 is 27.4 Å². The molecule has 1 saturated heterocycles. The number of benzene rings is 1. The third-order valence-electron chi connectivity index (χ3n) is 5.07. The molecule has 1 aromatic rings. The summed E-state index contributed by atoms with van der Waals surface area (Å²) in [6.45, 7) is 1.21. The van der Waals surface area contributed by atoms with Gasteiger partial charge in [-0.15, -0.1) is 13.2 Å². The number of morpholine rings is 1. The number of nitriles is 1. The Hall–Kier alpha value is -2.47. The fourth-order valence-corrected chi connectivity index (χ4v) is 3.46. The Balaban J connectivity index is 1.65. The van der Waals surface area contributed by atoms with Gasteiger partial charge >= 0.3 is 12.4 Å². The summed E-state index contributed by atoms with van der Waals surface area (Å²) in [6.07, 6.45) is -2.90. The quantitative estimate of drug-likeness (QED) is 0.868. The molecule has 9 heteroatoms. The average molecular weight is 383 g/mol. The SMILES string of the molecule is N#CC1CN(C(=O)NCC2(c3cccc(OC(F)(F)F)c3)CCC2)CCO1. The van der Waals surface area contributed by atoms with Gasteiger partial charge in [-0.05, 0) is 30.5 Å². The summed E-state index contributed by atoms with van der Waals surface area (Å²) in [5.41, 5.74) is 0.314. The molecule has 0 radical (unpaired) electrons. The number of rotatable bonds is 4. The zero-order valence-electron chi connectivity index (χ0n) is 14.6. The van der Waals surface area contributed by atoms with Crippen LogP contribution < -0.4 is 10.1 Å². The number of urea groups is 1. The number of nitrogens with one attached hydrogen (secondary N) is 1. The summed E-state index contributed by atoms with van der Waals surface area (Å²) in [4.78, 5) is 13.9. The number of hydrogen-bond acceptors (Lipinski definition) is 4. The van der Waals surface area contributed by atoms with Gasteiger partial charge in [-0.1, -0.05) is 18.6 Å². The van der Waals surface area contributed by atoms with E-state index in [1.54, 1.807) is 6.07 Å². The van der Waals surface area contributed by atoms with Crippen LogP contribution in [0.15, 0.2) is 24.3 Å². The molecule has 0 aromatic heterocycles. The minimum absolute atomic E-state index is 0.199. The molecule has 2 aliphatic rings. The molecule has 1 saturated carbocycles. The molecule has 1 atom stereocenters. The highest BCUT2D eigenvalue weighted by molar-refractivity contribution is 5.74. The van der Waals surface area contributed by atoms with E-state index in [4.69, 9.17) is 10.00 Å². The number of amides is 2. The minimum atomic E-state index is -4.74. The van der Waals surface area contributed by atoms with Gasteiger partial charge in [0.2, 0.25) is 0 Å². The van der Waals surface area contributed by atoms with Crippen molar-refractivity contribution >= 4 is 6.03 Å². The first-order valence-corrected chi connectivity index (χ1v) is 8.72. The molecular formula is C18H20F3N3O3. The molecule has 6 nitrogen and oxygen atoms in total. The zero-order valence-corrected chi connectivity index (χ0v) is 14.6. The molecule has 2 fully saturated rings. The summed E-state index contributed by atoms with van der Waals surface area (Å²) < 4.78 is 46.6. The molecule has 1 aliphatic carbocycles. The second-order valence-electron chi connectivity index (χ2n) is 6.80. The summed E-state index contributed by atoms with van der Waals surface area (Å²) in [6, 6.07) is 7.62. The largest absolute Gasteiger partial charge is 0.573 e.